The summed E-state index contributed by atoms with van der Waals surface area (Å²) < 4.78 is 22.6. The Morgan fingerprint density at radius 2 is 1.59 bits per heavy atom. The molecule has 0 aliphatic heterocycles. The Labute approximate surface area is 261 Å². The third-order valence-electron chi connectivity index (χ3n) is 7.53. The van der Waals surface area contributed by atoms with E-state index in [1.165, 1.54) is 17.1 Å². The van der Waals surface area contributed by atoms with Gasteiger partial charge in [0.1, 0.15) is 23.0 Å². The molecule has 3 heterocycles. The monoisotopic (exact) mass is 627 g/mol. The van der Waals surface area contributed by atoms with Gasteiger partial charge in [-0.3, -0.25) is 4.79 Å². The van der Waals surface area contributed by atoms with Crippen molar-refractivity contribution in [3.63, 3.8) is 0 Å². The number of pyridine rings is 1. The number of nitrogens with zero attached hydrogens (tertiary/aromatic N) is 5. The van der Waals surface area contributed by atoms with Gasteiger partial charge >= 0.3 is 13.5 Å². The molecule has 0 saturated carbocycles. The van der Waals surface area contributed by atoms with Gasteiger partial charge in [-0.15, -0.1) is 6.58 Å². The lowest BCUT2D eigenvalue weighted by Gasteiger charge is -2.43. The SMILES string of the molecule is C=CCn1c(=O)c2cnc([S+](C)[O-])nc2n1-c1cc(O[Si](c2ccccc2)(c2ccccc2)C(C)(C)C)cc(C(C)(C)O)n1. The molecule has 5 aromatic rings. The highest BCUT2D eigenvalue weighted by Crippen LogP contribution is 2.38. The number of rotatable bonds is 9. The summed E-state index contributed by atoms with van der Waals surface area (Å²) in [5.74, 6) is 0.785. The normalized spacial score (nSPS) is 13.2. The van der Waals surface area contributed by atoms with Gasteiger partial charge in [0.15, 0.2) is 11.5 Å². The van der Waals surface area contributed by atoms with Crippen molar-refractivity contribution in [3.05, 3.63) is 108 Å². The highest BCUT2D eigenvalue weighted by Gasteiger charge is 2.52. The smallest absolute Gasteiger partial charge is 0.344 e. The molecule has 0 spiro atoms. The average molecular weight is 628 g/mol. The second-order valence-electron chi connectivity index (χ2n) is 12.2. The zero-order valence-electron chi connectivity index (χ0n) is 25.8. The quantitative estimate of drug-likeness (QED) is 0.113. The molecule has 44 heavy (non-hydrogen) atoms. The maximum absolute atomic E-state index is 13.5. The van der Waals surface area contributed by atoms with Crippen LogP contribution in [-0.2, 0) is 23.3 Å². The summed E-state index contributed by atoms with van der Waals surface area (Å²) in [6.07, 6.45) is 4.47. The van der Waals surface area contributed by atoms with Crippen molar-refractivity contribution in [2.24, 2.45) is 0 Å². The largest absolute Gasteiger partial charge is 0.609 e. The van der Waals surface area contributed by atoms with Crippen molar-refractivity contribution >= 4 is 40.9 Å². The zero-order chi connectivity index (χ0) is 31.9. The number of aromatic nitrogens is 5. The first-order chi connectivity index (χ1) is 20.8. The van der Waals surface area contributed by atoms with Crippen molar-refractivity contribution in [2.75, 3.05) is 6.26 Å². The Hall–Kier alpha value is -4.03. The van der Waals surface area contributed by atoms with E-state index in [9.17, 15) is 14.5 Å². The topological polar surface area (TPSA) is 118 Å². The Morgan fingerprint density at radius 3 is 2.09 bits per heavy atom. The van der Waals surface area contributed by atoms with E-state index in [0.29, 0.717) is 17.3 Å². The van der Waals surface area contributed by atoms with E-state index in [2.05, 4.69) is 61.6 Å². The summed E-state index contributed by atoms with van der Waals surface area (Å²) in [5.41, 5.74) is -1.11. The highest BCUT2D eigenvalue weighted by atomic mass is 32.2. The van der Waals surface area contributed by atoms with Crippen LogP contribution < -0.4 is 20.4 Å². The van der Waals surface area contributed by atoms with Crippen LogP contribution in [0.2, 0.25) is 5.04 Å². The molecular formula is C33H37N5O4SSi. The summed E-state index contributed by atoms with van der Waals surface area (Å²) in [5, 5.41) is 13.4. The first-order valence-corrected chi connectivity index (χ1v) is 17.7. The summed E-state index contributed by atoms with van der Waals surface area (Å²) in [7, 11) is -3.07. The van der Waals surface area contributed by atoms with Crippen LogP contribution in [0.3, 0.4) is 0 Å². The summed E-state index contributed by atoms with van der Waals surface area (Å²) in [6, 6.07) is 24.0. The minimum atomic E-state index is -3.07. The fraction of sp³-hybridized carbons (Fsp3) is 0.273. The molecule has 2 aromatic carbocycles. The molecule has 1 atom stereocenters. The van der Waals surface area contributed by atoms with Crippen LogP contribution in [0.5, 0.6) is 5.75 Å². The molecule has 1 N–H and O–H groups in total. The number of aliphatic hydroxyl groups is 1. The van der Waals surface area contributed by atoms with Crippen LogP contribution >= 0.6 is 0 Å². The summed E-state index contributed by atoms with van der Waals surface area (Å²) in [6.45, 7) is 13.8. The number of hydrogen-bond donors (Lipinski definition) is 1. The molecule has 0 fully saturated rings. The third kappa shape index (κ3) is 5.63. The van der Waals surface area contributed by atoms with Gasteiger partial charge in [0.2, 0.25) is 0 Å². The van der Waals surface area contributed by atoms with Crippen molar-refractivity contribution in [1.29, 1.82) is 0 Å². The van der Waals surface area contributed by atoms with Gasteiger partial charge in [0.25, 0.3) is 5.56 Å². The molecule has 0 bridgehead atoms. The van der Waals surface area contributed by atoms with E-state index in [1.54, 1.807) is 36.7 Å². The van der Waals surface area contributed by atoms with Crippen LogP contribution in [0.15, 0.2) is 102 Å². The lowest BCUT2D eigenvalue weighted by atomic mass is 10.0. The second-order valence-corrected chi connectivity index (χ2v) is 17.7. The number of benzene rings is 2. The van der Waals surface area contributed by atoms with E-state index in [4.69, 9.17) is 9.41 Å². The van der Waals surface area contributed by atoms with Gasteiger partial charge < -0.3 is 14.1 Å². The average Bonchev–Trinajstić information content (AvgIpc) is 3.26. The van der Waals surface area contributed by atoms with Crippen LogP contribution in [0.25, 0.3) is 16.9 Å². The van der Waals surface area contributed by atoms with Crippen LogP contribution in [0, 0.1) is 0 Å². The predicted octanol–water partition coefficient (Wildman–Crippen LogP) is 4.07. The minimum Gasteiger partial charge on any atom is -0.609 e. The van der Waals surface area contributed by atoms with Crippen LogP contribution in [0.1, 0.15) is 40.3 Å². The summed E-state index contributed by atoms with van der Waals surface area (Å²) in [4.78, 5) is 27.0. The first kappa shape index (κ1) is 31.4. The molecule has 0 aliphatic carbocycles. The Balaban J connectivity index is 1.84. The molecule has 0 radical (unpaired) electrons. The Bertz CT molecular complexity index is 1820. The highest BCUT2D eigenvalue weighted by molar-refractivity contribution is 7.90. The van der Waals surface area contributed by atoms with Gasteiger partial charge in [-0.2, -0.15) is 9.97 Å². The van der Waals surface area contributed by atoms with Crippen molar-refractivity contribution < 1.29 is 14.1 Å². The van der Waals surface area contributed by atoms with E-state index in [-0.39, 0.29) is 33.3 Å². The molecule has 9 nitrogen and oxygen atoms in total. The van der Waals surface area contributed by atoms with E-state index in [0.717, 1.165) is 10.4 Å². The maximum atomic E-state index is 13.5. The molecule has 228 valence electrons. The minimum absolute atomic E-state index is 0.0874. The molecule has 0 saturated heterocycles. The number of hydrogen-bond acceptors (Lipinski definition) is 7. The van der Waals surface area contributed by atoms with Crippen LogP contribution in [0.4, 0.5) is 0 Å². The molecule has 11 heteroatoms. The Morgan fingerprint density at radius 1 is 1.00 bits per heavy atom. The number of fused-ring (bicyclic) bond motifs is 1. The lowest BCUT2D eigenvalue weighted by molar-refractivity contribution is 0.0735. The number of allylic oxidation sites excluding steroid dienone is 1. The zero-order valence-corrected chi connectivity index (χ0v) is 27.6. The van der Waals surface area contributed by atoms with Gasteiger partial charge in [-0.05, 0) is 29.3 Å². The van der Waals surface area contributed by atoms with Crippen molar-refractivity contribution in [2.45, 2.75) is 57.0 Å². The lowest BCUT2D eigenvalue weighted by Crippen LogP contribution is -2.68. The second kappa shape index (κ2) is 11.8. The van der Waals surface area contributed by atoms with Gasteiger partial charge in [0.05, 0.1) is 18.4 Å². The predicted molar refractivity (Wildman–Crippen MR) is 177 cm³/mol. The molecule has 0 aliphatic rings. The molecular weight excluding hydrogens is 591 g/mol. The third-order valence-corrected chi connectivity index (χ3v) is 13.2. The van der Waals surface area contributed by atoms with E-state index in [1.807, 2.05) is 36.4 Å². The first-order valence-electron chi connectivity index (χ1n) is 14.3. The standard InChI is InChI=1S/C33H37N5O4SSi/c1-8-19-37-30(39)26-22-34-31(43(7)41)36-29(26)38(37)28-21-23(20-27(35-28)33(5,6)40)42-44(32(2,3)4,24-15-11-9-12-16-24)25-17-13-10-14-18-25/h8-18,20-22,40H,1,19H2,2-7H3. The van der Waals surface area contributed by atoms with Crippen molar-refractivity contribution in [1.82, 2.24) is 24.3 Å². The molecule has 1 unspecified atom stereocenters. The van der Waals surface area contributed by atoms with E-state index >= 15 is 0 Å². The molecule has 0 amide bonds. The van der Waals surface area contributed by atoms with Gasteiger partial charge in [-0.25, -0.2) is 14.3 Å². The van der Waals surface area contributed by atoms with Crippen LogP contribution in [-0.4, -0.2) is 48.5 Å². The van der Waals surface area contributed by atoms with Crippen molar-refractivity contribution in [3.8, 4) is 11.6 Å². The van der Waals surface area contributed by atoms with E-state index < -0.39 is 25.1 Å². The Kier molecular flexibility index (Phi) is 8.43. The fourth-order valence-corrected chi connectivity index (χ4v) is 10.3. The molecule has 3 aromatic heterocycles. The van der Waals surface area contributed by atoms with Gasteiger partial charge in [-0.1, -0.05) is 87.5 Å². The van der Waals surface area contributed by atoms with Gasteiger partial charge in [0, 0.05) is 23.3 Å². The maximum Gasteiger partial charge on any atom is 0.344 e. The molecule has 5 rings (SSSR count). The summed E-state index contributed by atoms with van der Waals surface area (Å²) >= 11 is -1.49. The fourth-order valence-electron chi connectivity index (χ4n) is 5.47.